The van der Waals surface area contributed by atoms with Gasteiger partial charge in [0.25, 0.3) is 17.3 Å². The molecule has 1 amide bonds. The molecule has 0 aliphatic carbocycles. The van der Waals surface area contributed by atoms with Gasteiger partial charge in [0.15, 0.2) is 0 Å². The fourth-order valence-corrected chi connectivity index (χ4v) is 2.01. The summed E-state index contributed by atoms with van der Waals surface area (Å²) in [7, 11) is 0. The van der Waals surface area contributed by atoms with Gasteiger partial charge in [-0.3, -0.25) is 25.0 Å². The van der Waals surface area contributed by atoms with E-state index in [2.05, 4.69) is 5.32 Å². The van der Waals surface area contributed by atoms with Gasteiger partial charge in [0.2, 0.25) is 0 Å². The number of nitro groups is 2. The largest absolute Gasteiger partial charge is 0.352 e. The van der Waals surface area contributed by atoms with Gasteiger partial charge >= 0.3 is 0 Å². The van der Waals surface area contributed by atoms with Crippen LogP contribution in [-0.2, 0) is 6.42 Å². The maximum absolute atomic E-state index is 12.8. The van der Waals surface area contributed by atoms with Crippen LogP contribution in [0.15, 0.2) is 42.5 Å². The van der Waals surface area contributed by atoms with Gasteiger partial charge in [0.05, 0.1) is 21.5 Å². The van der Waals surface area contributed by atoms with Crippen LogP contribution in [-0.4, -0.2) is 22.3 Å². The number of hydrogen-bond donors (Lipinski definition) is 1. The molecular formula is C15H12FN3O5. The zero-order valence-corrected chi connectivity index (χ0v) is 12.3. The number of hydrogen-bond acceptors (Lipinski definition) is 5. The first-order chi connectivity index (χ1) is 11.4. The van der Waals surface area contributed by atoms with Crippen LogP contribution >= 0.6 is 0 Å². The maximum atomic E-state index is 12.8. The number of nitrogens with zero attached hydrogens (tertiary/aromatic N) is 2. The van der Waals surface area contributed by atoms with Crippen LogP contribution in [0.4, 0.5) is 15.8 Å². The van der Waals surface area contributed by atoms with E-state index >= 15 is 0 Å². The third kappa shape index (κ3) is 4.32. The number of carbonyl (C=O) groups is 1. The minimum absolute atomic E-state index is 0.171. The molecule has 24 heavy (non-hydrogen) atoms. The second-order valence-electron chi connectivity index (χ2n) is 4.88. The maximum Gasteiger partial charge on any atom is 0.277 e. The predicted octanol–water partition coefficient (Wildman–Crippen LogP) is 2.61. The summed E-state index contributed by atoms with van der Waals surface area (Å²) in [6.45, 7) is 0.195. The van der Waals surface area contributed by atoms with Crippen molar-refractivity contribution in [1.29, 1.82) is 0 Å². The van der Waals surface area contributed by atoms with Gasteiger partial charge in [-0.25, -0.2) is 4.39 Å². The number of nitrogens with one attached hydrogen (secondary N) is 1. The monoisotopic (exact) mass is 333 g/mol. The van der Waals surface area contributed by atoms with Gasteiger partial charge in [-0.15, -0.1) is 0 Å². The number of amides is 1. The molecule has 2 rings (SSSR count). The van der Waals surface area contributed by atoms with Crippen molar-refractivity contribution in [2.75, 3.05) is 6.54 Å². The van der Waals surface area contributed by atoms with Crippen LogP contribution in [0.1, 0.15) is 15.9 Å². The molecule has 124 valence electrons. The van der Waals surface area contributed by atoms with E-state index in [1.54, 1.807) is 12.1 Å². The van der Waals surface area contributed by atoms with E-state index in [1.807, 2.05) is 0 Å². The second kappa shape index (κ2) is 7.27. The van der Waals surface area contributed by atoms with Crippen molar-refractivity contribution in [3.05, 3.63) is 79.6 Å². The van der Waals surface area contributed by atoms with Crippen LogP contribution in [0.5, 0.6) is 0 Å². The fraction of sp³-hybridized carbons (Fsp3) is 0.133. The van der Waals surface area contributed by atoms with Crippen molar-refractivity contribution >= 4 is 17.3 Å². The summed E-state index contributed by atoms with van der Waals surface area (Å²) in [4.78, 5) is 32.0. The molecule has 0 unspecified atom stereocenters. The summed E-state index contributed by atoms with van der Waals surface area (Å²) >= 11 is 0. The lowest BCUT2D eigenvalue weighted by Gasteiger charge is -2.06. The van der Waals surface area contributed by atoms with E-state index in [-0.39, 0.29) is 17.9 Å². The molecular weight excluding hydrogens is 321 g/mol. The predicted molar refractivity (Wildman–Crippen MR) is 82.2 cm³/mol. The Morgan fingerprint density at radius 2 is 1.54 bits per heavy atom. The molecule has 1 N–H and O–H groups in total. The van der Waals surface area contributed by atoms with E-state index in [0.717, 1.165) is 23.8 Å². The summed E-state index contributed by atoms with van der Waals surface area (Å²) in [5, 5.41) is 24.1. The fourth-order valence-electron chi connectivity index (χ4n) is 2.01. The minimum atomic E-state index is -0.803. The Morgan fingerprint density at radius 3 is 2.04 bits per heavy atom. The molecule has 0 saturated heterocycles. The minimum Gasteiger partial charge on any atom is -0.352 e. The number of rotatable bonds is 6. The Hall–Kier alpha value is -3.36. The quantitative estimate of drug-likeness (QED) is 0.644. The molecule has 0 bridgehead atoms. The van der Waals surface area contributed by atoms with Crippen molar-refractivity contribution in [2.24, 2.45) is 0 Å². The van der Waals surface area contributed by atoms with Crippen LogP contribution in [0, 0.1) is 26.0 Å². The molecule has 0 spiro atoms. The van der Waals surface area contributed by atoms with E-state index in [0.29, 0.717) is 6.42 Å². The molecule has 0 aromatic heterocycles. The van der Waals surface area contributed by atoms with Gasteiger partial charge in [-0.2, -0.15) is 0 Å². The van der Waals surface area contributed by atoms with Crippen LogP contribution in [0.3, 0.4) is 0 Å². The SMILES string of the molecule is O=C(NCCc1ccc(F)cc1)c1cc([N+](=O)[O-])cc([N+](=O)[O-])c1. The molecule has 0 radical (unpaired) electrons. The Labute approximate surface area is 135 Å². The van der Waals surface area contributed by atoms with Crippen molar-refractivity contribution in [3.63, 3.8) is 0 Å². The van der Waals surface area contributed by atoms with Crippen LogP contribution in [0.25, 0.3) is 0 Å². The first-order valence-electron chi connectivity index (χ1n) is 6.83. The summed E-state index contributed by atoms with van der Waals surface area (Å²) in [5.74, 6) is -1.03. The highest BCUT2D eigenvalue weighted by molar-refractivity contribution is 5.95. The van der Waals surface area contributed by atoms with Crippen LogP contribution < -0.4 is 5.32 Å². The summed E-state index contributed by atoms with van der Waals surface area (Å²) in [6, 6.07) is 8.46. The lowest BCUT2D eigenvalue weighted by Crippen LogP contribution is -2.25. The van der Waals surface area contributed by atoms with Gasteiger partial charge in [0.1, 0.15) is 5.82 Å². The molecule has 0 fully saturated rings. The number of halogens is 1. The van der Waals surface area contributed by atoms with Gasteiger partial charge in [-0.1, -0.05) is 12.1 Å². The Bertz CT molecular complexity index is 760. The van der Waals surface area contributed by atoms with Gasteiger partial charge in [-0.05, 0) is 24.1 Å². The second-order valence-corrected chi connectivity index (χ2v) is 4.88. The molecule has 2 aromatic rings. The highest BCUT2D eigenvalue weighted by atomic mass is 19.1. The Kier molecular flexibility index (Phi) is 5.15. The number of benzene rings is 2. The topological polar surface area (TPSA) is 115 Å². The third-order valence-electron chi connectivity index (χ3n) is 3.20. The normalized spacial score (nSPS) is 10.2. The highest BCUT2D eigenvalue weighted by Gasteiger charge is 2.19. The Balaban J connectivity index is 2.07. The van der Waals surface area contributed by atoms with Gasteiger partial charge < -0.3 is 5.32 Å². The summed E-state index contributed by atoms with van der Waals surface area (Å²) < 4.78 is 12.8. The number of nitro benzene ring substituents is 2. The number of non-ortho nitro benzene ring substituents is 2. The molecule has 0 atom stereocenters. The zero-order valence-electron chi connectivity index (χ0n) is 12.3. The van der Waals surface area contributed by atoms with E-state index in [4.69, 9.17) is 0 Å². The average molecular weight is 333 g/mol. The van der Waals surface area contributed by atoms with E-state index in [9.17, 15) is 29.4 Å². The molecule has 9 heteroatoms. The van der Waals surface area contributed by atoms with Crippen molar-refractivity contribution in [2.45, 2.75) is 6.42 Å². The standard InChI is InChI=1S/C15H12FN3O5/c16-12-3-1-10(2-4-12)5-6-17-15(20)11-7-13(18(21)22)9-14(8-11)19(23)24/h1-4,7-9H,5-6H2,(H,17,20). The molecule has 8 nitrogen and oxygen atoms in total. The first-order valence-corrected chi connectivity index (χ1v) is 6.83. The van der Waals surface area contributed by atoms with Crippen molar-refractivity contribution in [1.82, 2.24) is 5.32 Å². The van der Waals surface area contributed by atoms with E-state index in [1.165, 1.54) is 12.1 Å². The molecule has 0 aliphatic rings. The lowest BCUT2D eigenvalue weighted by molar-refractivity contribution is -0.394. The first kappa shape index (κ1) is 17.0. The Morgan fingerprint density at radius 1 is 1.00 bits per heavy atom. The molecule has 2 aromatic carbocycles. The average Bonchev–Trinajstić information content (AvgIpc) is 2.56. The summed E-state index contributed by atoms with van der Waals surface area (Å²) in [6.07, 6.45) is 0.420. The van der Waals surface area contributed by atoms with Crippen molar-refractivity contribution < 1.29 is 19.0 Å². The van der Waals surface area contributed by atoms with Crippen molar-refractivity contribution in [3.8, 4) is 0 Å². The van der Waals surface area contributed by atoms with E-state index < -0.39 is 27.1 Å². The number of carbonyl (C=O) groups excluding carboxylic acids is 1. The van der Waals surface area contributed by atoms with Crippen LogP contribution in [0.2, 0.25) is 0 Å². The smallest absolute Gasteiger partial charge is 0.277 e. The molecule has 0 saturated carbocycles. The summed E-state index contributed by atoms with van der Waals surface area (Å²) in [5.41, 5.74) is -0.447. The lowest BCUT2D eigenvalue weighted by atomic mass is 10.1. The van der Waals surface area contributed by atoms with Gasteiger partial charge in [0, 0.05) is 18.7 Å². The zero-order chi connectivity index (χ0) is 17.7. The third-order valence-corrected chi connectivity index (χ3v) is 3.20. The molecule has 0 heterocycles. The highest BCUT2D eigenvalue weighted by Crippen LogP contribution is 2.22. The molecule has 0 aliphatic heterocycles.